The van der Waals surface area contributed by atoms with Crippen molar-refractivity contribution < 1.29 is 0 Å². The summed E-state index contributed by atoms with van der Waals surface area (Å²) >= 11 is 1.96. The van der Waals surface area contributed by atoms with E-state index in [1.54, 1.807) is 0 Å². The fraction of sp³-hybridized carbons (Fsp3) is 0.0612. The maximum atomic E-state index is 2.55. The number of nitrogens with zero attached hydrogens (tertiary/aromatic N) is 1. The summed E-state index contributed by atoms with van der Waals surface area (Å²) in [7, 11) is 0. The van der Waals surface area contributed by atoms with Crippen molar-refractivity contribution in [1.29, 1.82) is 0 Å². The lowest BCUT2D eigenvalue weighted by Gasteiger charge is -2.22. The Hall–Kier alpha value is -5.96. The molecule has 0 N–H and O–H groups in total. The van der Waals surface area contributed by atoms with E-state index in [0.717, 1.165) is 0 Å². The number of aromatic nitrogens is 1. The molecule has 2 aliphatic rings. The Morgan fingerprint density at radius 3 is 1.92 bits per heavy atom. The minimum atomic E-state index is -0.106. The van der Waals surface area contributed by atoms with Crippen molar-refractivity contribution in [1.82, 2.24) is 4.57 Å². The highest BCUT2D eigenvalue weighted by Crippen LogP contribution is 2.59. The smallest absolute Gasteiger partial charge is 0.0640 e. The van der Waals surface area contributed by atoms with E-state index in [0.29, 0.717) is 0 Å². The van der Waals surface area contributed by atoms with Gasteiger partial charge in [-0.2, -0.15) is 0 Å². The standard InChI is InChI=1S/C49H31NS/c1-49(2)39-19-8-5-14-36(39)43-44-37-15-6-9-20-40(37)50(47(44)45-38-16-7-10-21-41(38)51-48(45)46(43)49)29-24-22-28(23-25-29)30-26-27-35-32-13-4-3-12-31(32)34-18-11-17-33(30)42(34)35/h3-27H,1-2H3. The van der Waals surface area contributed by atoms with Crippen molar-refractivity contribution in [2.24, 2.45) is 0 Å². The van der Waals surface area contributed by atoms with Crippen molar-refractivity contribution in [2.45, 2.75) is 19.3 Å². The molecule has 2 heteroatoms. The van der Waals surface area contributed by atoms with Gasteiger partial charge in [0, 0.05) is 42.0 Å². The fourth-order valence-electron chi connectivity index (χ4n) is 9.79. The second-order valence-electron chi connectivity index (χ2n) is 14.8. The molecule has 1 nitrogen and oxygen atoms in total. The van der Waals surface area contributed by atoms with E-state index in [1.165, 1.54) is 114 Å². The topological polar surface area (TPSA) is 4.93 Å². The van der Waals surface area contributed by atoms with E-state index in [-0.39, 0.29) is 5.41 Å². The van der Waals surface area contributed by atoms with Crippen molar-refractivity contribution in [3.63, 3.8) is 0 Å². The van der Waals surface area contributed by atoms with E-state index >= 15 is 0 Å². The highest BCUT2D eigenvalue weighted by Gasteiger charge is 2.40. The number of rotatable bonds is 2. The van der Waals surface area contributed by atoms with Gasteiger partial charge in [-0.05, 0) is 90.7 Å². The van der Waals surface area contributed by atoms with Crippen molar-refractivity contribution in [3.05, 3.63) is 163 Å². The molecule has 0 saturated heterocycles. The van der Waals surface area contributed by atoms with Gasteiger partial charge in [-0.25, -0.2) is 0 Å². The van der Waals surface area contributed by atoms with Crippen LogP contribution < -0.4 is 0 Å². The quantitative estimate of drug-likeness (QED) is 0.173. The molecular weight excluding hydrogens is 635 g/mol. The molecule has 0 radical (unpaired) electrons. The van der Waals surface area contributed by atoms with Crippen LogP contribution in [-0.4, -0.2) is 4.57 Å². The van der Waals surface area contributed by atoms with Crippen molar-refractivity contribution >= 4 is 64.1 Å². The summed E-state index contributed by atoms with van der Waals surface area (Å²) in [6.45, 7) is 4.84. The van der Waals surface area contributed by atoms with Gasteiger partial charge in [0.1, 0.15) is 0 Å². The van der Waals surface area contributed by atoms with Gasteiger partial charge in [0.15, 0.2) is 0 Å². The number of thiophene rings is 1. The van der Waals surface area contributed by atoms with Crippen LogP contribution in [0.2, 0.25) is 0 Å². The van der Waals surface area contributed by atoms with Crippen LogP contribution in [0.1, 0.15) is 25.0 Å². The highest BCUT2D eigenvalue weighted by atomic mass is 32.1. The van der Waals surface area contributed by atoms with Crippen molar-refractivity contribution in [2.75, 3.05) is 0 Å². The van der Waals surface area contributed by atoms with Crippen LogP contribution in [0, 0.1) is 0 Å². The molecule has 2 aromatic heterocycles. The molecular formula is C49H31NS. The predicted molar refractivity (Wildman–Crippen MR) is 219 cm³/mol. The first-order valence-corrected chi connectivity index (χ1v) is 18.7. The number of fused-ring (bicyclic) bond motifs is 15. The van der Waals surface area contributed by atoms with Gasteiger partial charge in [0.05, 0.1) is 11.0 Å². The molecule has 0 atom stereocenters. The van der Waals surface area contributed by atoms with E-state index in [9.17, 15) is 0 Å². The number of hydrogen-bond donors (Lipinski definition) is 0. The summed E-state index contributed by atoms with van der Waals surface area (Å²) in [6, 6.07) is 56.7. The van der Waals surface area contributed by atoms with Crippen molar-refractivity contribution in [3.8, 4) is 50.2 Å². The molecule has 10 aromatic rings. The third kappa shape index (κ3) is 3.41. The Morgan fingerprint density at radius 2 is 1.10 bits per heavy atom. The molecule has 0 fully saturated rings. The molecule has 0 spiro atoms. The monoisotopic (exact) mass is 665 g/mol. The maximum absolute atomic E-state index is 2.55. The largest absolute Gasteiger partial charge is 0.309 e. The van der Waals surface area contributed by atoms with Gasteiger partial charge in [0.25, 0.3) is 0 Å². The maximum Gasteiger partial charge on any atom is 0.0640 e. The molecule has 2 heterocycles. The first-order valence-electron chi connectivity index (χ1n) is 17.9. The van der Waals surface area contributed by atoms with Crippen LogP contribution in [-0.2, 0) is 5.41 Å². The molecule has 51 heavy (non-hydrogen) atoms. The van der Waals surface area contributed by atoms with Gasteiger partial charge < -0.3 is 4.57 Å². The molecule has 0 amide bonds. The number of para-hydroxylation sites is 1. The summed E-state index contributed by atoms with van der Waals surface area (Å²) in [6.07, 6.45) is 0. The van der Waals surface area contributed by atoms with Gasteiger partial charge in [-0.15, -0.1) is 11.3 Å². The van der Waals surface area contributed by atoms with Crippen LogP contribution in [0.4, 0.5) is 0 Å². The lowest BCUT2D eigenvalue weighted by molar-refractivity contribution is 0.667. The SMILES string of the molecule is CC1(C)c2ccccc2-c2c1c1sc3ccccc3c1c1c2c2ccccc2n1-c1ccc(-c2ccc3c4c(cccc24)-c2ccccc2-3)cc1. The van der Waals surface area contributed by atoms with Crippen LogP contribution in [0.3, 0.4) is 0 Å². The third-order valence-electron chi connectivity index (χ3n) is 11.9. The van der Waals surface area contributed by atoms with E-state index in [4.69, 9.17) is 0 Å². The van der Waals surface area contributed by atoms with E-state index < -0.39 is 0 Å². The average molecular weight is 666 g/mol. The molecule has 12 rings (SSSR count). The van der Waals surface area contributed by atoms with Gasteiger partial charge in [-0.1, -0.05) is 141 Å². The zero-order valence-electron chi connectivity index (χ0n) is 28.3. The number of benzene rings is 8. The number of hydrogen-bond acceptors (Lipinski definition) is 1. The van der Waals surface area contributed by atoms with Crippen LogP contribution >= 0.6 is 11.3 Å². The molecule has 0 saturated carbocycles. The summed E-state index contributed by atoms with van der Waals surface area (Å²) < 4.78 is 5.30. The van der Waals surface area contributed by atoms with Gasteiger partial charge in [-0.3, -0.25) is 0 Å². The first-order chi connectivity index (χ1) is 25.1. The van der Waals surface area contributed by atoms with Crippen LogP contribution in [0.25, 0.3) is 103 Å². The normalized spacial score (nSPS) is 13.8. The second-order valence-corrected chi connectivity index (χ2v) is 15.8. The average Bonchev–Trinajstić information content (AvgIpc) is 3.89. The summed E-state index contributed by atoms with van der Waals surface area (Å²) in [5, 5.41) is 8.07. The Kier molecular flexibility index (Phi) is 5.25. The first kappa shape index (κ1) is 27.8. The molecule has 0 aliphatic heterocycles. The Bertz CT molecular complexity index is 3120. The molecule has 238 valence electrons. The molecule has 2 aliphatic carbocycles. The van der Waals surface area contributed by atoms with E-state index in [1.807, 2.05) is 11.3 Å². The summed E-state index contributed by atoms with van der Waals surface area (Å²) in [5.41, 5.74) is 17.2. The summed E-state index contributed by atoms with van der Waals surface area (Å²) in [4.78, 5) is 0. The third-order valence-corrected chi connectivity index (χ3v) is 13.1. The zero-order valence-corrected chi connectivity index (χ0v) is 29.1. The Labute approximate surface area is 299 Å². The predicted octanol–water partition coefficient (Wildman–Crippen LogP) is 13.9. The zero-order chi connectivity index (χ0) is 33.6. The second kappa shape index (κ2) is 9.63. The Morgan fingerprint density at radius 1 is 0.471 bits per heavy atom. The van der Waals surface area contributed by atoms with Crippen LogP contribution in [0.15, 0.2) is 152 Å². The molecule has 8 aromatic carbocycles. The van der Waals surface area contributed by atoms with Gasteiger partial charge in [0.2, 0.25) is 0 Å². The minimum Gasteiger partial charge on any atom is -0.309 e. The lowest BCUT2D eigenvalue weighted by Crippen LogP contribution is -2.15. The lowest BCUT2D eigenvalue weighted by atomic mass is 9.81. The minimum absolute atomic E-state index is 0.106. The molecule has 0 unspecified atom stereocenters. The fourth-order valence-corrected chi connectivity index (χ4v) is 11.2. The highest BCUT2D eigenvalue weighted by molar-refractivity contribution is 7.26. The Balaban J connectivity index is 1.15. The van der Waals surface area contributed by atoms with Gasteiger partial charge >= 0.3 is 0 Å². The summed E-state index contributed by atoms with van der Waals surface area (Å²) in [5.74, 6) is 0. The van der Waals surface area contributed by atoms with E-state index in [2.05, 4.69) is 170 Å². The van der Waals surface area contributed by atoms with Crippen LogP contribution in [0.5, 0.6) is 0 Å². The molecule has 0 bridgehead atoms.